The summed E-state index contributed by atoms with van der Waals surface area (Å²) in [5.41, 5.74) is -2.19. The summed E-state index contributed by atoms with van der Waals surface area (Å²) in [6.45, 7) is 1.17. The molecule has 1 aliphatic rings. The number of hydrogen-bond acceptors (Lipinski definition) is 5. The molecule has 1 fully saturated rings. The molecule has 0 heterocycles. The molecule has 0 aromatic heterocycles. The van der Waals surface area contributed by atoms with Crippen molar-refractivity contribution in [2.75, 3.05) is 6.61 Å². The van der Waals surface area contributed by atoms with E-state index in [-0.39, 0.29) is 36.8 Å². The van der Waals surface area contributed by atoms with Crippen LogP contribution in [0.15, 0.2) is 42.5 Å². The van der Waals surface area contributed by atoms with Gasteiger partial charge in [-0.25, -0.2) is 5.48 Å². The van der Waals surface area contributed by atoms with Crippen molar-refractivity contribution in [3.63, 3.8) is 0 Å². The maximum atomic E-state index is 13.0. The summed E-state index contributed by atoms with van der Waals surface area (Å²) in [4.78, 5) is 24.2. The second-order valence-electron chi connectivity index (χ2n) is 8.13. The molecule has 0 spiro atoms. The highest BCUT2D eigenvalue weighted by atomic mass is 19.4. The number of carbonyl (C=O) groups excluding carboxylic acids is 2. The second-order valence-corrected chi connectivity index (χ2v) is 8.13. The van der Waals surface area contributed by atoms with Gasteiger partial charge < -0.3 is 9.47 Å². The van der Waals surface area contributed by atoms with Crippen LogP contribution in [0.3, 0.4) is 0 Å². The molecule has 0 aliphatic heterocycles. The predicted octanol–water partition coefficient (Wildman–Crippen LogP) is 4.92. The minimum atomic E-state index is -4.96. The molecule has 1 saturated carbocycles. The molecule has 12 heteroatoms. The van der Waals surface area contributed by atoms with Crippen LogP contribution in [-0.2, 0) is 39.7 Å². The quantitative estimate of drug-likeness (QED) is 0.230. The molecule has 190 valence electrons. The van der Waals surface area contributed by atoms with E-state index in [1.165, 1.54) is 17.6 Å². The number of ether oxygens (including phenoxy) is 2. The summed E-state index contributed by atoms with van der Waals surface area (Å²) >= 11 is 0. The van der Waals surface area contributed by atoms with E-state index >= 15 is 0 Å². The Morgan fingerprint density at radius 3 is 2.06 bits per heavy atom. The highest BCUT2D eigenvalue weighted by Crippen LogP contribution is 2.56. The van der Waals surface area contributed by atoms with Crippen LogP contribution in [0.25, 0.3) is 0 Å². The molecule has 0 saturated heterocycles. The first-order chi connectivity index (χ1) is 16.3. The van der Waals surface area contributed by atoms with Gasteiger partial charge in [0.25, 0.3) is 0 Å². The van der Waals surface area contributed by atoms with Gasteiger partial charge in [0.2, 0.25) is 5.91 Å². The Morgan fingerprint density at radius 2 is 1.57 bits per heavy atom. The molecule has 3 rings (SSSR count). The SMILES string of the molecule is CCOC(=O)[C@@]1(Cc2ccc(OCc3cc(C(F)(F)F)cc(C(F)(F)F)c3)cc2)C[C@@H]1C(=O)NO. The maximum Gasteiger partial charge on any atom is 0.416 e. The van der Waals surface area contributed by atoms with Crippen molar-refractivity contribution in [3.05, 3.63) is 64.7 Å². The number of carbonyl (C=O) groups is 2. The lowest BCUT2D eigenvalue weighted by molar-refractivity contribution is -0.152. The molecular weight excluding hydrogens is 484 g/mol. The Morgan fingerprint density at radius 1 is 1.00 bits per heavy atom. The van der Waals surface area contributed by atoms with E-state index in [1.54, 1.807) is 19.1 Å². The van der Waals surface area contributed by atoms with Crippen molar-refractivity contribution >= 4 is 11.9 Å². The molecule has 2 atom stereocenters. The molecule has 35 heavy (non-hydrogen) atoms. The highest BCUT2D eigenvalue weighted by molar-refractivity contribution is 5.93. The molecule has 1 amide bonds. The van der Waals surface area contributed by atoms with E-state index in [1.807, 2.05) is 0 Å². The number of hydroxylamine groups is 1. The Labute approximate surface area is 195 Å². The van der Waals surface area contributed by atoms with Crippen LogP contribution in [0, 0.1) is 11.3 Å². The molecule has 6 nitrogen and oxygen atoms in total. The van der Waals surface area contributed by atoms with E-state index < -0.39 is 53.3 Å². The summed E-state index contributed by atoms with van der Waals surface area (Å²) in [6.07, 6.45) is -9.62. The number of benzene rings is 2. The van der Waals surface area contributed by atoms with E-state index in [4.69, 9.17) is 14.7 Å². The summed E-state index contributed by atoms with van der Waals surface area (Å²) in [5.74, 6) is -1.90. The molecule has 0 bridgehead atoms. The van der Waals surface area contributed by atoms with Gasteiger partial charge >= 0.3 is 18.3 Å². The third-order valence-electron chi connectivity index (χ3n) is 5.68. The van der Waals surface area contributed by atoms with E-state index in [0.717, 1.165) is 0 Å². The Hall–Kier alpha value is -3.28. The van der Waals surface area contributed by atoms with Gasteiger partial charge in [0, 0.05) is 0 Å². The zero-order chi connectivity index (χ0) is 26.0. The van der Waals surface area contributed by atoms with Crippen LogP contribution >= 0.6 is 0 Å². The fraction of sp³-hybridized carbons (Fsp3) is 0.391. The van der Waals surface area contributed by atoms with Crippen molar-refractivity contribution in [3.8, 4) is 5.75 Å². The van der Waals surface area contributed by atoms with Gasteiger partial charge in [0.1, 0.15) is 12.4 Å². The van der Waals surface area contributed by atoms with E-state index in [9.17, 15) is 35.9 Å². The Kier molecular flexibility index (Phi) is 7.34. The monoisotopic (exact) mass is 505 g/mol. The maximum absolute atomic E-state index is 13.0. The standard InChI is InChI=1S/C23H21F6NO5/c1-2-34-20(32)21(11-18(21)19(31)30-33)10-13-3-5-17(6-4-13)35-12-14-7-15(22(24,25)26)9-16(8-14)23(27,28)29/h3-9,18,33H,2,10-12H2,1H3,(H,30,31)/t18-,21+/m1/s1. The lowest BCUT2D eigenvalue weighted by Crippen LogP contribution is -2.30. The van der Waals surface area contributed by atoms with Crippen molar-refractivity contribution in [1.29, 1.82) is 0 Å². The lowest BCUT2D eigenvalue weighted by atomic mass is 9.93. The van der Waals surface area contributed by atoms with Crippen LogP contribution in [0.4, 0.5) is 26.3 Å². The number of alkyl halides is 6. The van der Waals surface area contributed by atoms with Crippen LogP contribution in [-0.4, -0.2) is 23.7 Å². The van der Waals surface area contributed by atoms with E-state index in [2.05, 4.69) is 0 Å². The van der Waals surface area contributed by atoms with Crippen molar-refractivity contribution in [2.45, 2.75) is 38.7 Å². The summed E-state index contributed by atoms with van der Waals surface area (Å²) in [5, 5.41) is 8.87. The van der Waals surface area contributed by atoms with Gasteiger partial charge in [-0.05, 0) is 61.2 Å². The molecule has 1 aliphatic carbocycles. The smallest absolute Gasteiger partial charge is 0.416 e. The lowest BCUT2D eigenvalue weighted by Gasteiger charge is -2.16. The molecule has 0 unspecified atom stereocenters. The average molecular weight is 505 g/mol. The van der Waals surface area contributed by atoms with Gasteiger partial charge in [-0.3, -0.25) is 14.8 Å². The van der Waals surface area contributed by atoms with Crippen LogP contribution < -0.4 is 10.2 Å². The van der Waals surface area contributed by atoms with Gasteiger partial charge in [0.15, 0.2) is 0 Å². The minimum absolute atomic E-state index is 0.0415. The minimum Gasteiger partial charge on any atom is -0.489 e. The zero-order valence-corrected chi connectivity index (χ0v) is 18.3. The first-order valence-electron chi connectivity index (χ1n) is 10.4. The second kappa shape index (κ2) is 9.76. The Bertz CT molecular complexity index is 1050. The zero-order valence-electron chi connectivity index (χ0n) is 18.3. The summed E-state index contributed by atoms with van der Waals surface area (Å²) < 4.78 is 88.5. The van der Waals surface area contributed by atoms with Crippen LogP contribution in [0.2, 0.25) is 0 Å². The first-order valence-corrected chi connectivity index (χ1v) is 10.4. The third-order valence-corrected chi connectivity index (χ3v) is 5.68. The largest absolute Gasteiger partial charge is 0.489 e. The summed E-state index contributed by atoms with van der Waals surface area (Å²) in [7, 11) is 0. The van der Waals surface area contributed by atoms with E-state index in [0.29, 0.717) is 17.7 Å². The number of rotatable bonds is 8. The number of hydrogen-bond donors (Lipinski definition) is 2. The third kappa shape index (κ3) is 6.05. The first kappa shape index (κ1) is 26.3. The fourth-order valence-corrected chi connectivity index (χ4v) is 3.83. The molecular formula is C23H21F6NO5. The number of halogens is 6. The molecule has 2 aromatic rings. The van der Waals surface area contributed by atoms with Gasteiger partial charge in [0.05, 0.1) is 29.1 Å². The molecule has 2 N–H and O–H groups in total. The van der Waals surface area contributed by atoms with Gasteiger partial charge in [-0.1, -0.05) is 12.1 Å². The Balaban J connectivity index is 1.72. The molecule has 2 aromatic carbocycles. The normalized spacial score (nSPS) is 19.7. The number of amides is 1. The fourth-order valence-electron chi connectivity index (χ4n) is 3.83. The topological polar surface area (TPSA) is 84.9 Å². The van der Waals surface area contributed by atoms with Crippen LogP contribution in [0.1, 0.15) is 35.6 Å². The molecule has 0 radical (unpaired) electrons. The van der Waals surface area contributed by atoms with Crippen molar-refractivity contribution < 1.29 is 50.6 Å². The van der Waals surface area contributed by atoms with Gasteiger partial charge in [-0.15, -0.1) is 0 Å². The predicted molar refractivity (Wildman–Crippen MR) is 108 cm³/mol. The van der Waals surface area contributed by atoms with Gasteiger partial charge in [-0.2, -0.15) is 26.3 Å². The highest BCUT2D eigenvalue weighted by Gasteiger charge is 2.64. The van der Waals surface area contributed by atoms with Crippen molar-refractivity contribution in [1.82, 2.24) is 5.48 Å². The van der Waals surface area contributed by atoms with Crippen LogP contribution in [0.5, 0.6) is 5.75 Å². The average Bonchev–Trinajstić information content (AvgIpc) is 3.52. The number of nitrogens with one attached hydrogen (secondary N) is 1. The van der Waals surface area contributed by atoms with Crippen molar-refractivity contribution in [2.24, 2.45) is 11.3 Å². The number of esters is 1. The summed E-state index contributed by atoms with van der Waals surface area (Å²) in [6, 6.07) is 7.20.